The minimum Gasteiger partial charge on any atom is -0.481 e. The van der Waals surface area contributed by atoms with Crippen molar-refractivity contribution >= 4 is 17.6 Å². The van der Waals surface area contributed by atoms with Crippen LogP contribution in [0.4, 0.5) is 5.69 Å². The molecule has 2 aromatic rings. The number of nitrogens with one attached hydrogen (secondary N) is 1. The van der Waals surface area contributed by atoms with Crippen molar-refractivity contribution in [2.75, 3.05) is 5.32 Å². The molecule has 104 valence electrons. The maximum Gasteiger partial charge on any atom is 0.307 e. The van der Waals surface area contributed by atoms with Gasteiger partial charge < -0.3 is 20.6 Å². The van der Waals surface area contributed by atoms with E-state index in [4.69, 9.17) is 15.3 Å². The molecule has 0 bridgehead atoms. The smallest absolute Gasteiger partial charge is 0.307 e. The number of carboxylic acids is 1. The van der Waals surface area contributed by atoms with Crippen LogP contribution in [0.2, 0.25) is 0 Å². The summed E-state index contributed by atoms with van der Waals surface area (Å²) in [7, 11) is 0. The summed E-state index contributed by atoms with van der Waals surface area (Å²) >= 11 is 0. The first-order chi connectivity index (χ1) is 9.60. The lowest BCUT2D eigenvalue weighted by Gasteiger charge is -2.08. The van der Waals surface area contributed by atoms with Gasteiger partial charge in [0.25, 0.3) is 5.91 Å². The molecule has 0 radical (unpaired) electrons. The number of carbonyl (C=O) groups is 2. The number of anilines is 1. The number of furan rings is 1. The highest BCUT2D eigenvalue weighted by Crippen LogP contribution is 2.17. The lowest BCUT2D eigenvalue weighted by Crippen LogP contribution is -2.13. The second kappa shape index (κ2) is 6.03. The molecule has 0 saturated carbocycles. The molecule has 4 N–H and O–H groups in total. The summed E-state index contributed by atoms with van der Waals surface area (Å²) < 4.78 is 5.23. The van der Waals surface area contributed by atoms with Gasteiger partial charge in [-0.15, -0.1) is 0 Å². The predicted molar refractivity (Wildman–Crippen MR) is 72.3 cm³/mol. The Labute approximate surface area is 115 Å². The summed E-state index contributed by atoms with van der Waals surface area (Å²) in [6, 6.07) is 9.87. The van der Waals surface area contributed by atoms with E-state index >= 15 is 0 Å². The van der Waals surface area contributed by atoms with Crippen LogP contribution in [0.5, 0.6) is 0 Å². The van der Waals surface area contributed by atoms with Gasteiger partial charge in [-0.2, -0.15) is 0 Å². The molecule has 6 nitrogen and oxygen atoms in total. The zero-order chi connectivity index (χ0) is 14.5. The third-order valence-electron chi connectivity index (χ3n) is 2.69. The van der Waals surface area contributed by atoms with Crippen LogP contribution in [-0.4, -0.2) is 17.0 Å². The molecule has 1 aromatic heterocycles. The number of hydrogen-bond acceptors (Lipinski definition) is 4. The van der Waals surface area contributed by atoms with Crippen molar-refractivity contribution in [2.45, 2.75) is 13.0 Å². The van der Waals surface area contributed by atoms with Crippen molar-refractivity contribution in [2.24, 2.45) is 5.73 Å². The van der Waals surface area contributed by atoms with Crippen molar-refractivity contribution in [1.29, 1.82) is 0 Å². The number of nitrogens with two attached hydrogens (primary N) is 1. The molecular weight excluding hydrogens is 260 g/mol. The van der Waals surface area contributed by atoms with Gasteiger partial charge in [0.1, 0.15) is 5.76 Å². The molecule has 6 heteroatoms. The van der Waals surface area contributed by atoms with Gasteiger partial charge in [-0.1, -0.05) is 18.2 Å². The van der Waals surface area contributed by atoms with Gasteiger partial charge in [-0.3, -0.25) is 9.59 Å². The molecule has 1 heterocycles. The van der Waals surface area contributed by atoms with E-state index in [1.54, 1.807) is 30.3 Å². The SMILES string of the molecule is NCc1ccc(C(=O)Nc2ccccc2CC(=O)O)o1. The van der Waals surface area contributed by atoms with Gasteiger partial charge in [-0.25, -0.2) is 0 Å². The van der Waals surface area contributed by atoms with Crippen LogP contribution in [0.15, 0.2) is 40.8 Å². The Balaban J connectivity index is 2.17. The molecule has 0 fully saturated rings. The quantitative estimate of drug-likeness (QED) is 0.768. The van der Waals surface area contributed by atoms with E-state index in [-0.39, 0.29) is 18.7 Å². The largest absolute Gasteiger partial charge is 0.481 e. The van der Waals surface area contributed by atoms with Crippen molar-refractivity contribution in [3.8, 4) is 0 Å². The molecule has 0 atom stereocenters. The Morgan fingerprint density at radius 1 is 1.20 bits per heavy atom. The molecule has 0 aliphatic heterocycles. The highest BCUT2D eigenvalue weighted by molar-refractivity contribution is 6.02. The van der Waals surface area contributed by atoms with E-state index in [9.17, 15) is 9.59 Å². The van der Waals surface area contributed by atoms with Gasteiger partial charge in [0, 0.05) is 5.69 Å². The van der Waals surface area contributed by atoms with E-state index in [0.29, 0.717) is 17.0 Å². The average Bonchev–Trinajstić information content (AvgIpc) is 2.89. The minimum absolute atomic E-state index is 0.135. The van der Waals surface area contributed by atoms with Crippen molar-refractivity contribution in [3.63, 3.8) is 0 Å². The number of hydrogen-bond donors (Lipinski definition) is 3. The van der Waals surface area contributed by atoms with E-state index in [1.807, 2.05) is 0 Å². The molecule has 0 unspecified atom stereocenters. The third kappa shape index (κ3) is 3.24. The van der Waals surface area contributed by atoms with Crippen molar-refractivity contribution in [3.05, 3.63) is 53.5 Å². The Morgan fingerprint density at radius 2 is 1.95 bits per heavy atom. The third-order valence-corrected chi connectivity index (χ3v) is 2.69. The topological polar surface area (TPSA) is 106 Å². The number of carboxylic acid groups (broad SMARTS) is 1. The maximum absolute atomic E-state index is 12.0. The van der Waals surface area contributed by atoms with Gasteiger partial charge in [0.15, 0.2) is 5.76 Å². The summed E-state index contributed by atoms with van der Waals surface area (Å²) in [4.78, 5) is 22.8. The van der Waals surface area contributed by atoms with Crippen molar-refractivity contribution in [1.82, 2.24) is 0 Å². The number of benzene rings is 1. The van der Waals surface area contributed by atoms with Gasteiger partial charge in [0.05, 0.1) is 13.0 Å². The van der Waals surface area contributed by atoms with Gasteiger partial charge in [-0.05, 0) is 23.8 Å². The number of rotatable bonds is 5. The summed E-state index contributed by atoms with van der Waals surface area (Å²) in [5.74, 6) is -0.762. The Kier molecular flexibility index (Phi) is 4.17. The zero-order valence-electron chi connectivity index (χ0n) is 10.6. The first-order valence-corrected chi connectivity index (χ1v) is 6.00. The molecule has 0 aliphatic rings. The standard InChI is InChI=1S/C14H14N2O4/c15-8-10-5-6-12(20-10)14(19)16-11-4-2-1-3-9(11)7-13(17)18/h1-6H,7-8,15H2,(H,16,19)(H,17,18). The van der Waals surface area contributed by atoms with Crippen LogP contribution >= 0.6 is 0 Å². The van der Waals surface area contributed by atoms with Crippen LogP contribution < -0.4 is 11.1 Å². The molecule has 0 aliphatic carbocycles. The first kappa shape index (κ1) is 13.8. The lowest BCUT2D eigenvalue weighted by molar-refractivity contribution is -0.136. The fourth-order valence-corrected chi connectivity index (χ4v) is 1.75. The maximum atomic E-state index is 12.0. The monoisotopic (exact) mass is 274 g/mol. The van der Waals surface area contributed by atoms with Crippen LogP contribution in [0.3, 0.4) is 0 Å². The number of aliphatic carboxylic acids is 1. The van der Waals surface area contributed by atoms with E-state index in [2.05, 4.69) is 5.32 Å². The molecule has 0 spiro atoms. The molecule has 2 rings (SSSR count). The van der Waals surface area contributed by atoms with E-state index in [1.165, 1.54) is 6.07 Å². The van der Waals surface area contributed by atoms with E-state index < -0.39 is 11.9 Å². The van der Waals surface area contributed by atoms with Crippen LogP contribution in [0.25, 0.3) is 0 Å². The van der Waals surface area contributed by atoms with E-state index in [0.717, 1.165) is 0 Å². The second-order valence-electron chi connectivity index (χ2n) is 4.15. The van der Waals surface area contributed by atoms with Gasteiger partial charge >= 0.3 is 5.97 Å². The normalized spacial score (nSPS) is 10.2. The highest BCUT2D eigenvalue weighted by atomic mass is 16.4. The molecule has 1 aromatic carbocycles. The predicted octanol–water partition coefficient (Wildman–Crippen LogP) is 1.62. The van der Waals surface area contributed by atoms with Crippen LogP contribution in [0, 0.1) is 0 Å². The summed E-state index contributed by atoms with van der Waals surface area (Å²) in [6.45, 7) is 0.211. The molecule has 20 heavy (non-hydrogen) atoms. The summed E-state index contributed by atoms with van der Waals surface area (Å²) in [5, 5.41) is 11.5. The lowest BCUT2D eigenvalue weighted by atomic mass is 10.1. The highest BCUT2D eigenvalue weighted by Gasteiger charge is 2.13. The first-order valence-electron chi connectivity index (χ1n) is 6.00. The molecule has 1 amide bonds. The molecule has 0 saturated heterocycles. The number of carbonyl (C=O) groups excluding carboxylic acids is 1. The fraction of sp³-hybridized carbons (Fsp3) is 0.143. The van der Waals surface area contributed by atoms with Crippen LogP contribution in [-0.2, 0) is 17.8 Å². The minimum atomic E-state index is -0.963. The Bertz CT molecular complexity index is 634. The molecular formula is C14H14N2O4. The fourth-order valence-electron chi connectivity index (χ4n) is 1.75. The second-order valence-corrected chi connectivity index (χ2v) is 4.15. The zero-order valence-corrected chi connectivity index (χ0v) is 10.6. The number of para-hydroxylation sites is 1. The number of amides is 1. The van der Waals surface area contributed by atoms with Gasteiger partial charge in [0.2, 0.25) is 0 Å². The average molecular weight is 274 g/mol. The van der Waals surface area contributed by atoms with Crippen LogP contribution in [0.1, 0.15) is 21.9 Å². The Hall–Kier alpha value is -2.60. The Morgan fingerprint density at radius 3 is 2.60 bits per heavy atom. The summed E-state index contributed by atoms with van der Waals surface area (Å²) in [6.07, 6.45) is -0.164. The summed E-state index contributed by atoms with van der Waals surface area (Å²) in [5.41, 5.74) is 6.38. The van der Waals surface area contributed by atoms with Crippen molar-refractivity contribution < 1.29 is 19.1 Å².